The largest absolute Gasteiger partial charge is 0.0614 e. The van der Waals surface area contributed by atoms with E-state index >= 15 is 0 Å². The Bertz CT molecular complexity index is 452. The van der Waals surface area contributed by atoms with Crippen molar-refractivity contribution in [3.8, 4) is 11.1 Å². The van der Waals surface area contributed by atoms with Crippen LogP contribution in [0.25, 0.3) is 11.1 Å². The van der Waals surface area contributed by atoms with Gasteiger partial charge in [0.2, 0.25) is 0 Å². The molecule has 0 amide bonds. The third kappa shape index (κ3) is 2.33. The van der Waals surface area contributed by atoms with Crippen LogP contribution in [0.5, 0.6) is 0 Å². The van der Waals surface area contributed by atoms with Gasteiger partial charge in [0.05, 0.1) is 0 Å². The highest BCUT2D eigenvalue weighted by molar-refractivity contribution is 5.64. The fourth-order valence-electron chi connectivity index (χ4n) is 1.83. The van der Waals surface area contributed by atoms with Crippen molar-refractivity contribution in [1.29, 1.82) is 0 Å². The van der Waals surface area contributed by atoms with Crippen LogP contribution >= 0.6 is 0 Å². The van der Waals surface area contributed by atoms with Crippen LogP contribution in [0.2, 0.25) is 0 Å². The van der Waals surface area contributed by atoms with Gasteiger partial charge in [-0.15, -0.1) is 0 Å². The molecule has 2 aromatic rings. The molecule has 0 heterocycles. The number of rotatable bonds is 3. The molecule has 0 spiro atoms. The van der Waals surface area contributed by atoms with Crippen molar-refractivity contribution in [2.24, 2.45) is 0 Å². The van der Waals surface area contributed by atoms with Crippen molar-refractivity contribution in [2.45, 2.75) is 26.7 Å². The van der Waals surface area contributed by atoms with Crippen LogP contribution in [0.15, 0.2) is 42.5 Å². The maximum absolute atomic E-state index is 3.32. The van der Waals surface area contributed by atoms with Gasteiger partial charge in [-0.3, -0.25) is 0 Å². The normalized spacial score (nSPS) is 10.4. The highest BCUT2D eigenvalue weighted by Gasteiger charge is 1.98. The molecule has 2 aromatic carbocycles. The molecular weight excluding hydrogens is 192 g/mol. The van der Waals surface area contributed by atoms with E-state index < -0.39 is 0 Å². The van der Waals surface area contributed by atoms with Crippen LogP contribution in [-0.2, 0) is 12.8 Å². The van der Waals surface area contributed by atoms with Gasteiger partial charge in [0.15, 0.2) is 0 Å². The molecule has 0 aromatic heterocycles. The van der Waals surface area contributed by atoms with Crippen LogP contribution in [0.1, 0.15) is 25.0 Å². The first-order valence-electron chi connectivity index (χ1n) is 5.93. The minimum atomic E-state index is 1.05. The van der Waals surface area contributed by atoms with Crippen molar-refractivity contribution in [2.75, 3.05) is 0 Å². The summed E-state index contributed by atoms with van der Waals surface area (Å²) < 4.78 is 0. The van der Waals surface area contributed by atoms with Gasteiger partial charge in [0, 0.05) is 0 Å². The zero-order valence-electron chi connectivity index (χ0n) is 9.96. The maximum atomic E-state index is 3.32. The van der Waals surface area contributed by atoms with E-state index in [2.05, 4.69) is 62.4 Å². The van der Waals surface area contributed by atoms with E-state index in [1.54, 1.807) is 0 Å². The fraction of sp³-hybridized carbons (Fsp3) is 0.250. The molecule has 0 aliphatic rings. The number of benzene rings is 2. The van der Waals surface area contributed by atoms with Crippen molar-refractivity contribution in [1.82, 2.24) is 0 Å². The lowest BCUT2D eigenvalue weighted by Gasteiger charge is -2.04. The van der Waals surface area contributed by atoms with Gasteiger partial charge in [-0.1, -0.05) is 50.2 Å². The minimum Gasteiger partial charge on any atom is -0.0614 e. The summed E-state index contributed by atoms with van der Waals surface area (Å²) in [5.41, 5.74) is 5.21. The third-order valence-corrected chi connectivity index (χ3v) is 2.93. The lowest BCUT2D eigenvalue weighted by atomic mass is 10.0. The van der Waals surface area contributed by atoms with Gasteiger partial charge < -0.3 is 0 Å². The monoisotopic (exact) mass is 209 g/mol. The van der Waals surface area contributed by atoms with E-state index in [-0.39, 0.29) is 0 Å². The fourth-order valence-corrected chi connectivity index (χ4v) is 1.83. The minimum absolute atomic E-state index is 1.05. The average molecular weight is 209 g/mol. The smallest absolute Gasteiger partial charge is 0.0143 e. The maximum Gasteiger partial charge on any atom is -0.0143 e. The van der Waals surface area contributed by atoms with E-state index in [0.717, 1.165) is 12.8 Å². The summed E-state index contributed by atoms with van der Waals surface area (Å²) >= 11 is 0. The zero-order chi connectivity index (χ0) is 11.4. The van der Waals surface area contributed by atoms with E-state index in [1.807, 2.05) is 0 Å². The van der Waals surface area contributed by atoms with Crippen molar-refractivity contribution >= 4 is 0 Å². The molecule has 0 aliphatic carbocycles. The molecule has 1 radical (unpaired) electrons. The summed E-state index contributed by atoms with van der Waals surface area (Å²) in [4.78, 5) is 0. The Hall–Kier alpha value is -1.56. The lowest BCUT2D eigenvalue weighted by molar-refractivity contribution is 1.13. The molecular formula is C16H17. The van der Waals surface area contributed by atoms with Gasteiger partial charge in [-0.05, 0) is 47.2 Å². The first-order chi connectivity index (χ1) is 7.83. The summed E-state index contributed by atoms with van der Waals surface area (Å²) in [6.07, 6.45) is 2.14. The predicted molar refractivity (Wildman–Crippen MR) is 69.5 cm³/mol. The molecule has 16 heavy (non-hydrogen) atoms. The number of hydrogen-bond acceptors (Lipinski definition) is 0. The second-order valence-corrected chi connectivity index (χ2v) is 4.01. The van der Waals surface area contributed by atoms with E-state index in [4.69, 9.17) is 0 Å². The first-order valence-corrected chi connectivity index (χ1v) is 5.93. The quantitative estimate of drug-likeness (QED) is 0.707. The molecule has 0 aliphatic heterocycles. The predicted octanol–water partition coefficient (Wildman–Crippen LogP) is 4.28. The molecule has 0 fully saturated rings. The highest BCUT2D eigenvalue weighted by atomic mass is 14.0. The van der Waals surface area contributed by atoms with Gasteiger partial charge in [0.25, 0.3) is 0 Å². The van der Waals surface area contributed by atoms with Gasteiger partial charge in [-0.25, -0.2) is 0 Å². The van der Waals surface area contributed by atoms with Crippen LogP contribution in [0.4, 0.5) is 0 Å². The second kappa shape index (κ2) is 4.98. The Morgan fingerprint density at radius 1 is 0.938 bits per heavy atom. The first kappa shape index (κ1) is 10.9. The molecule has 0 bridgehead atoms. The van der Waals surface area contributed by atoms with Crippen molar-refractivity contribution < 1.29 is 0 Å². The third-order valence-electron chi connectivity index (χ3n) is 2.93. The molecule has 2 rings (SSSR count). The van der Waals surface area contributed by atoms with Crippen LogP contribution in [-0.4, -0.2) is 0 Å². The summed E-state index contributed by atoms with van der Waals surface area (Å²) in [6.45, 7) is 4.34. The van der Waals surface area contributed by atoms with E-state index in [0.29, 0.717) is 0 Å². The highest BCUT2D eigenvalue weighted by Crippen LogP contribution is 2.21. The van der Waals surface area contributed by atoms with Crippen molar-refractivity contribution in [3.05, 3.63) is 59.7 Å². The Morgan fingerprint density at radius 3 is 2.44 bits per heavy atom. The summed E-state index contributed by atoms with van der Waals surface area (Å²) in [5.74, 6) is 0. The topological polar surface area (TPSA) is 0 Å². The second-order valence-electron chi connectivity index (χ2n) is 4.01. The summed E-state index contributed by atoms with van der Waals surface area (Å²) in [5, 5.41) is 0. The lowest BCUT2D eigenvalue weighted by Crippen LogP contribution is -1.84. The standard InChI is InChI=1S/C16H17/c1-3-13-8-10-15(11-9-13)16-7-5-6-14(4-2)12-16/h5-8,10-12H,3-4H2,1-2H3. The molecule has 0 saturated carbocycles. The Labute approximate surface area is 97.9 Å². The van der Waals surface area contributed by atoms with Gasteiger partial charge in [0.1, 0.15) is 0 Å². The van der Waals surface area contributed by atoms with Crippen molar-refractivity contribution in [3.63, 3.8) is 0 Å². The average Bonchev–Trinajstić information content (AvgIpc) is 2.39. The molecule has 0 atom stereocenters. The van der Waals surface area contributed by atoms with Crippen LogP contribution in [0, 0.1) is 6.07 Å². The summed E-state index contributed by atoms with van der Waals surface area (Å²) in [6, 6.07) is 18.5. The molecule has 0 N–H and O–H groups in total. The van der Waals surface area contributed by atoms with Crippen LogP contribution in [0.3, 0.4) is 0 Å². The van der Waals surface area contributed by atoms with Gasteiger partial charge >= 0.3 is 0 Å². The summed E-state index contributed by atoms with van der Waals surface area (Å²) in [7, 11) is 0. The number of aryl methyl sites for hydroxylation is 2. The molecule has 0 heteroatoms. The Morgan fingerprint density at radius 2 is 1.81 bits per heavy atom. The molecule has 81 valence electrons. The molecule has 0 unspecified atom stereocenters. The molecule has 0 saturated heterocycles. The van der Waals surface area contributed by atoms with Gasteiger partial charge in [-0.2, -0.15) is 0 Å². The van der Waals surface area contributed by atoms with E-state index in [1.165, 1.54) is 22.3 Å². The van der Waals surface area contributed by atoms with Crippen LogP contribution < -0.4 is 0 Å². The van der Waals surface area contributed by atoms with E-state index in [9.17, 15) is 0 Å². The Kier molecular flexibility index (Phi) is 3.40. The number of hydrogen-bond donors (Lipinski definition) is 0. The zero-order valence-corrected chi connectivity index (χ0v) is 9.96. The molecule has 0 nitrogen and oxygen atoms in total. The Balaban J connectivity index is 2.34. The SMILES string of the molecule is CCc1[c]cc(-c2cccc(CC)c2)cc1.